The van der Waals surface area contributed by atoms with Crippen molar-refractivity contribution in [2.45, 2.75) is 223 Å². The first-order valence-corrected chi connectivity index (χ1v) is 51.3. The molecule has 36 heteroatoms. The number of halogens is 8. The summed E-state index contributed by atoms with van der Waals surface area (Å²) in [5.74, 6) is 9.99. The Bertz CT molecular complexity index is 6140. The second-order valence-electron chi connectivity index (χ2n) is 37.0. The molecule has 5 aliphatic heterocycles. The number of nitrogens with zero attached hydrogens (tertiary/aromatic N) is 19. The minimum atomic E-state index is -0.726. The molecule has 718 valence electrons. The number of likely N-dealkylation sites (tertiary alicyclic amines) is 1. The molecular weight excluding hydrogens is 1880 g/mol. The second-order valence-corrected chi connectivity index (χ2v) is 39.7. The maximum absolute atomic E-state index is 14.3. The molecule has 8 aliphatic rings. The van der Waals surface area contributed by atoms with E-state index in [4.69, 9.17) is 127 Å². The van der Waals surface area contributed by atoms with Crippen LogP contribution in [0.25, 0.3) is 67.9 Å². The number of carbonyl (C=O) groups is 1. The van der Waals surface area contributed by atoms with Crippen LogP contribution in [0.15, 0.2) is 127 Å². The molecule has 3 saturated carbocycles. The van der Waals surface area contributed by atoms with Gasteiger partial charge in [-0.1, -0.05) is 151 Å². The number of nitrogens with one attached hydrogen (secondary N) is 6. The van der Waals surface area contributed by atoms with Crippen molar-refractivity contribution in [3.05, 3.63) is 198 Å². The third kappa shape index (κ3) is 24.3. The van der Waals surface area contributed by atoms with Crippen molar-refractivity contribution in [3.63, 3.8) is 0 Å². The Morgan fingerprint density at radius 2 is 0.854 bits per heavy atom. The van der Waals surface area contributed by atoms with Gasteiger partial charge in [0.1, 0.15) is 29.9 Å². The molecule has 14 heterocycles. The lowest BCUT2D eigenvalue weighted by Crippen LogP contribution is -2.40. The smallest absolute Gasteiger partial charge is 0.320 e. The summed E-state index contributed by atoms with van der Waals surface area (Å²) in [4.78, 5) is 78.9. The van der Waals surface area contributed by atoms with Crippen molar-refractivity contribution in [3.8, 4) is 80.3 Å². The SMILES string of the molecule is C#Cc1nccc(N2CCC(Cn3c(C4CCNCC4)nc(-c4ccc(Cl)c(Cl)c4)c3-c3ccnc(NC4CCCCC4)n3)CC2)n1.Clc1nc(COCCn2c(C3CCNCC3)nc(-c3ccc(Cl)c(Cl)c3)c2-c2ccnc(NC3CCCCC3)n2)no1.O=C(c1cccnc1F)N1CCC(Cn2c(C3CCNCC3)nc(-c3ccc(Cl)c(Cl)c3)c2-c2ccnc(NC3CCCCC3)n2)CC1. The van der Waals surface area contributed by atoms with Gasteiger partial charge in [0.2, 0.25) is 29.6 Å². The van der Waals surface area contributed by atoms with Crippen LogP contribution in [0.1, 0.15) is 218 Å². The third-order valence-corrected chi connectivity index (χ3v) is 30.2. The summed E-state index contributed by atoms with van der Waals surface area (Å²) in [7, 11) is 0. The van der Waals surface area contributed by atoms with Gasteiger partial charge in [-0.3, -0.25) is 4.79 Å². The van der Waals surface area contributed by atoms with Crippen molar-refractivity contribution >= 4 is 111 Å². The first kappa shape index (κ1) is 97.2. The fraction of sp³-hybridized carbons (Fsp3) is 0.475. The van der Waals surface area contributed by atoms with E-state index in [0.29, 0.717) is 116 Å². The second kappa shape index (κ2) is 46.8. The summed E-state index contributed by atoms with van der Waals surface area (Å²) < 4.78 is 32.2. The van der Waals surface area contributed by atoms with E-state index in [2.05, 4.69) is 96.5 Å². The number of terminal acetylenes is 1. The van der Waals surface area contributed by atoms with E-state index in [0.717, 1.165) is 259 Å². The predicted molar refractivity (Wildman–Crippen MR) is 539 cm³/mol. The van der Waals surface area contributed by atoms with E-state index >= 15 is 0 Å². The Morgan fingerprint density at radius 3 is 1.26 bits per heavy atom. The molecule has 8 fully saturated rings. The van der Waals surface area contributed by atoms with Gasteiger partial charge in [0.05, 0.1) is 93.6 Å². The molecule has 0 atom stereocenters. The van der Waals surface area contributed by atoms with E-state index in [-0.39, 0.29) is 41.2 Å². The van der Waals surface area contributed by atoms with E-state index in [1.165, 1.54) is 70.1 Å². The van der Waals surface area contributed by atoms with Crippen LogP contribution in [0, 0.1) is 30.1 Å². The first-order chi connectivity index (χ1) is 67.0. The van der Waals surface area contributed by atoms with Crippen LogP contribution in [-0.4, -0.2) is 185 Å². The van der Waals surface area contributed by atoms with Crippen LogP contribution in [0.3, 0.4) is 0 Å². The van der Waals surface area contributed by atoms with Gasteiger partial charge in [0.25, 0.3) is 5.91 Å². The van der Waals surface area contributed by atoms with Crippen LogP contribution in [0.5, 0.6) is 0 Å². The molecule has 0 spiro atoms. The molecule has 3 aliphatic carbocycles. The average Bonchev–Trinajstić information content (AvgIpc) is 1.62. The number of imidazole rings is 3. The minimum Gasteiger partial charge on any atom is -0.371 e. The van der Waals surface area contributed by atoms with Crippen LogP contribution in [0.2, 0.25) is 35.5 Å². The average molecular weight is 1990 g/mol. The number of ether oxygens (including phenoxy) is 1. The number of anilines is 4. The summed E-state index contributed by atoms with van der Waals surface area (Å²) in [6.07, 6.45) is 41.9. The monoisotopic (exact) mass is 1990 g/mol. The largest absolute Gasteiger partial charge is 0.371 e. The van der Waals surface area contributed by atoms with E-state index in [1.54, 1.807) is 23.2 Å². The Kier molecular flexibility index (Phi) is 33.2. The zero-order chi connectivity index (χ0) is 94.1. The van der Waals surface area contributed by atoms with Gasteiger partial charge >= 0.3 is 5.35 Å². The Labute approximate surface area is 833 Å². The maximum Gasteiger partial charge on any atom is 0.320 e. The highest BCUT2D eigenvalue weighted by Gasteiger charge is 2.37. The number of aromatic nitrogens is 17. The van der Waals surface area contributed by atoms with Crippen molar-refractivity contribution in [1.29, 1.82) is 0 Å². The number of piperidine rings is 5. The number of hydrogen-bond acceptors (Lipinski definition) is 24. The van der Waals surface area contributed by atoms with Crippen LogP contribution >= 0.6 is 81.2 Å². The van der Waals surface area contributed by atoms with Crippen LogP contribution < -0.4 is 36.8 Å². The Balaban J connectivity index is 0.000000137. The number of amides is 1. The lowest BCUT2D eigenvalue weighted by atomic mass is 9.94. The molecule has 137 heavy (non-hydrogen) atoms. The highest BCUT2D eigenvalue weighted by molar-refractivity contribution is 6.43. The molecule has 0 radical (unpaired) electrons. The fourth-order valence-corrected chi connectivity index (χ4v) is 21.6. The third-order valence-electron chi connectivity index (χ3n) is 27.8. The molecule has 0 unspecified atom stereocenters. The summed E-state index contributed by atoms with van der Waals surface area (Å²) in [5, 5.41) is 28.1. The molecule has 9 aromatic heterocycles. The highest BCUT2D eigenvalue weighted by atomic mass is 35.5. The molecule has 5 saturated heterocycles. The van der Waals surface area contributed by atoms with Gasteiger partial charge in [0.15, 0.2) is 5.82 Å². The van der Waals surface area contributed by atoms with Crippen molar-refractivity contribution in [2.75, 3.05) is 92.9 Å². The van der Waals surface area contributed by atoms with Gasteiger partial charge in [-0.15, -0.1) is 6.42 Å². The minimum absolute atomic E-state index is 0.00800. The normalized spacial score (nSPS) is 17.8. The van der Waals surface area contributed by atoms with Crippen LogP contribution in [0.4, 0.5) is 28.1 Å². The molecule has 0 bridgehead atoms. The van der Waals surface area contributed by atoms with Crippen molar-refractivity contribution in [2.24, 2.45) is 11.8 Å². The maximum atomic E-state index is 14.3. The topological polar surface area (TPSA) is 313 Å². The van der Waals surface area contributed by atoms with Gasteiger partial charge in [0, 0.05) is 129 Å². The highest BCUT2D eigenvalue weighted by Crippen LogP contribution is 2.45. The Morgan fingerprint density at radius 1 is 0.445 bits per heavy atom. The first-order valence-electron chi connectivity index (χ1n) is 48.6. The summed E-state index contributed by atoms with van der Waals surface area (Å²) in [6.45, 7) is 11.3. The van der Waals surface area contributed by atoms with E-state index in [1.807, 2.05) is 91.4 Å². The summed E-state index contributed by atoms with van der Waals surface area (Å²) in [5.41, 5.74) is 10.5. The number of benzene rings is 3. The van der Waals surface area contributed by atoms with Crippen molar-refractivity contribution < 1.29 is 18.4 Å². The van der Waals surface area contributed by atoms with E-state index < -0.39 is 5.95 Å². The zero-order valence-corrected chi connectivity index (χ0v) is 82.1. The van der Waals surface area contributed by atoms with Gasteiger partial charge in [-0.2, -0.15) is 9.37 Å². The molecule has 1 amide bonds. The molecular formula is C101H115Cl7FN25O3. The lowest BCUT2D eigenvalue weighted by Gasteiger charge is -2.34. The summed E-state index contributed by atoms with van der Waals surface area (Å²) >= 11 is 44.5. The Hall–Kier alpha value is -10.1. The van der Waals surface area contributed by atoms with Crippen LogP contribution in [-0.2, 0) is 31.0 Å². The number of pyridine rings is 1. The number of carbonyl (C=O) groups excluding carboxylic acids is 1. The molecule has 12 aromatic rings. The quantitative estimate of drug-likeness (QED) is 0.0167. The zero-order valence-electron chi connectivity index (χ0n) is 76.8. The van der Waals surface area contributed by atoms with Gasteiger partial charge in [-0.25, -0.2) is 59.8 Å². The summed E-state index contributed by atoms with van der Waals surface area (Å²) in [6, 6.07) is 29.2. The molecule has 20 rings (SSSR count). The standard InChI is InChI=1S/C36H41Cl2FN8O.C36H41Cl2N9.C29H33Cl3N8O2/c37-28-9-8-25(21-29(28)38)31-32(30-12-18-42-36(44-30)43-26-5-2-1-3-6-26)47(34(45-31)24-10-16-40-17-11-24)22-23-13-19-46(20-14-23)35(48)27-7-4-15-41-33(27)39;1-2-31-40-19-13-32(44-31)46-20-14-24(15-21-46)23-47-34(30-12-18-41-36(43-30)42-27-6-4-3-5-7-27)33(26-8-9-28(37)29(38)22-26)45-35(47)25-10-16-39-17-11-25;30-21-7-6-19(16-22(21)31)25-26(23-10-13-34-29(36-23)35-20-4-2-1-3-5-20)40(27(38-25)18-8-11-33-12-9-18)14-15-41-17-24-37-28(32)42-39-24/h4,7-9,12,15,18,21,23-24,26,40H,1-3,5-6,10-11,13-14,16-17,19-20,22H2,(H,42,43,44);1,8-9,12-13,18-19,22,24-25,27,39H,3-7,10-11,14-17,20-21,23H2,(H,41,42,43);6-7,10,13,16,18,20,33H,1-5,8-9,11-12,14-15,17H2,(H,34,35,36). The van der Waals surface area contributed by atoms with E-state index in [9.17, 15) is 9.18 Å². The van der Waals surface area contributed by atoms with Gasteiger partial charge < -0.3 is 64.7 Å². The molecule has 28 nitrogen and oxygen atoms in total. The number of hydrogen-bond donors (Lipinski definition) is 6. The van der Waals surface area contributed by atoms with Gasteiger partial charge in [-0.05, 0) is 244 Å². The van der Waals surface area contributed by atoms with Crippen molar-refractivity contribution in [1.82, 2.24) is 104 Å². The fourth-order valence-electron chi connectivity index (χ4n) is 20.6. The predicted octanol–water partition coefficient (Wildman–Crippen LogP) is 21.6. The number of rotatable bonds is 26. The molecule has 3 aromatic carbocycles. The lowest BCUT2D eigenvalue weighted by molar-refractivity contribution is 0.0676. The molecule has 6 N–H and O–H groups in total.